The smallest absolute Gasteiger partial charge is 0.289 e. The fourth-order valence-corrected chi connectivity index (χ4v) is 3.24. The molecule has 0 aromatic carbocycles. The number of amides is 1. The van der Waals surface area contributed by atoms with Crippen LogP contribution in [0.25, 0.3) is 11.0 Å². The van der Waals surface area contributed by atoms with Crippen molar-refractivity contribution in [1.29, 1.82) is 0 Å². The Balaban J connectivity index is 1.49. The molecule has 1 aliphatic heterocycles. The van der Waals surface area contributed by atoms with E-state index in [1.807, 2.05) is 23.2 Å². The van der Waals surface area contributed by atoms with Crippen molar-refractivity contribution in [3.8, 4) is 0 Å². The molecule has 1 amide bonds. The fourth-order valence-electron chi connectivity index (χ4n) is 3.24. The summed E-state index contributed by atoms with van der Waals surface area (Å²) in [5.74, 6) is 0.858. The third kappa shape index (κ3) is 2.19. The van der Waals surface area contributed by atoms with Crippen LogP contribution in [-0.2, 0) is 0 Å². The normalized spacial score (nSPS) is 16.3. The number of H-pyrrole nitrogens is 1. The monoisotopic (exact) mass is 295 g/mol. The Hall–Kier alpha value is -2.56. The van der Waals surface area contributed by atoms with Crippen molar-refractivity contribution >= 4 is 16.9 Å². The number of rotatable bonds is 2. The van der Waals surface area contributed by atoms with Gasteiger partial charge < -0.3 is 14.3 Å². The van der Waals surface area contributed by atoms with Crippen LogP contribution in [0.5, 0.6) is 0 Å². The fraction of sp³-hybridized carbons (Fsp3) is 0.294. The summed E-state index contributed by atoms with van der Waals surface area (Å²) in [6.07, 6.45) is 7.34. The van der Waals surface area contributed by atoms with Crippen molar-refractivity contribution in [3.05, 3.63) is 54.2 Å². The molecule has 3 aromatic rings. The molecule has 1 saturated heterocycles. The lowest BCUT2D eigenvalue weighted by Crippen LogP contribution is -2.37. The SMILES string of the molecule is O=C(c1ccco1)N1CCC(c2c[nH]c3cccnc23)CC1. The Labute approximate surface area is 127 Å². The number of aromatic nitrogens is 2. The zero-order chi connectivity index (χ0) is 14.9. The highest BCUT2D eigenvalue weighted by Crippen LogP contribution is 2.32. The molecule has 0 bridgehead atoms. The Morgan fingerprint density at radius 2 is 2.14 bits per heavy atom. The van der Waals surface area contributed by atoms with Gasteiger partial charge in [-0.2, -0.15) is 0 Å². The molecule has 5 heteroatoms. The standard InChI is InChI=1S/C17H17N3O2/c21-17(15-4-2-10-22-15)20-8-5-12(6-9-20)13-11-19-14-3-1-7-18-16(13)14/h1-4,7,10-12,19H,5-6,8-9H2. The molecule has 1 N–H and O–H groups in total. The van der Waals surface area contributed by atoms with Gasteiger partial charge in [0.05, 0.1) is 17.3 Å². The lowest BCUT2D eigenvalue weighted by molar-refractivity contribution is 0.0681. The average molecular weight is 295 g/mol. The van der Waals surface area contributed by atoms with Crippen LogP contribution >= 0.6 is 0 Å². The molecule has 0 aliphatic carbocycles. The highest BCUT2D eigenvalue weighted by atomic mass is 16.3. The molecule has 4 heterocycles. The minimum absolute atomic E-state index is 0.0134. The zero-order valence-corrected chi connectivity index (χ0v) is 12.2. The first-order chi connectivity index (χ1) is 10.8. The summed E-state index contributed by atoms with van der Waals surface area (Å²) in [5, 5.41) is 0. The van der Waals surface area contributed by atoms with Gasteiger partial charge in [0.25, 0.3) is 5.91 Å². The minimum atomic E-state index is -0.0134. The van der Waals surface area contributed by atoms with Crippen LogP contribution < -0.4 is 0 Å². The third-order valence-corrected chi connectivity index (χ3v) is 4.42. The molecule has 0 atom stereocenters. The lowest BCUT2D eigenvalue weighted by Gasteiger charge is -2.31. The molecular formula is C17H17N3O2. The van der Waals surface area contributed by atoms with Crippen LogP contribution in [0.2, 0.25) is 0 Å². The van der Waals surface area contributed by atoms with Crippen molar-refractivity contribution < 1.29 is 9.21 Å². The predicted molar refractivity (Wildman–Crippen MR) is 82.7 cm³/mol. The van der Waals surface area contributed by atoms with Crippen LogP contribution in [0.15, 0.2) is 47.3 Å². The highest BCUT2D eigenvalue weighted by molar-refractivity contribution is 5.91. The number of hydrogen-bond acceptors (Lipinski definition) is 3. The van der Waals surface area contributed by atoms with E-state index in [0.717, 1.165) is 37.0 Å². The van der Waals surface area contributed by atoms with E-state index in [2.05, 4.69) is 16.2 Å². The Kier molecular flexibility index (Phi) is 3.18. The molecule has 0 spiro atoms. The first kappa shape index (κ1) is 13.1. The second-order valence-electron chi connectivity index (χ2n) is 5.69. The lowest BCUT2D eigenvalue weighted by atomic mass is 9.90. The first-order valence-electron chi connectivity index (χ1n) is 7.58. The summed E-state index contributed by atoms with van der Waals surface area (Å²) in [6, 6.07) is 7.45. The van der Waals surface area contributed by atoms with Gasteiger partial charge in [-0.1, -0.05) is 0 Å². The van der Waals surface area contributed by atoms with E-state index in [0.29, 0.717) is 11.7 Å². The third-order valence-electron chi connectivity index (χ3n) is 4.42. The molecule has 22 heavy (non-hydrogen) atoms. The van der Waals surface area contributed by atoms with Crippen molar-refractivity contribution in [2.45, 2.75) is 18.8 Å². The zero-order valence-electron chi connectivity index (χ0n) is 12.2. The van der Waals surface area contributed by atoms with Crippen LogP contribution in [0, 0.1) is 0 Å². The molecule has 112 valence electrons. The number of furan rings is 1. The summed E-state index contributed by atoms with van der Waals surface area (Å²) in [7, 11) is 0. The second kappa shape index (κ2) is 5.33. The average Bonchev–Trinajstić information content (AvgIpc) is 3.24. The van der Waals surface area contributed by atoms with E-state index < -0.39 is 0 Å². The van der Waals surface area contributed by atoms with Crippen molar-refractivity contribution in [2.75, 3.05) is 13.1 Å². The number of piperidine rings is 1. The van der Waals surface area contributed by atoms with E-state index in [1.54, 1.807) is 12.1 Å². The summed E-state index contributed by atoms with van der Waals surface area (Å²) in [6.45, 7) is 1.51. The van der Waals surface area contributed by atoms with Gasteiger partial charge in [0.1, 0.15) is 0 Å². The van der Waals surface area contributed by atoms with Gasteiger partial charge in [-0.05, 0) is 48.6 Å². The second-order valence-corrected chi connectivity index (χ2v) is 5.69. The van der Waals surface area contributed by atoms with Gasteiger partial charge in [-0.3, -0.25) is 9.78 Å². The van der Waals surface area contributed by atoms with E-state index in [9.17, 15) is 4.79 Å². The number of hydrogen-bond donors (Lipinski definition) is 1. The van der Waals surface area contributed by atoms with Gasteiger partial charge in [0.2, 0.25) is 0 Å². The van der Waals surface area contributed by atoms with Gasteiger partial charge in [-0.15, -0.1) is 0 Å². The number of nitrogens with zero attached hydrogens (tertiary/aromatic N) is 2. The molecule has 1 fully saturated rings. The summed E-state index contributed by atoms with van der Waals surface area (Å²) in [4.78, 5) is 21.9. The Bertz CT molecular complexity index is 783. The molecule has 5 nitrogen and oxygen atoms in total. The quantitative estimate of drug-likeness (QED) is 0.790. The van der Waals surface area contributed by atoms with E-state index in [1.165, 1.54) is 11.8 Å². The molecule has 3 aromatic heterocycles. The maximum absolute atomic E-state index is 12.3. The first-order valence-corrected chi connectivity index (χ1v) is 7.58. The van der Waals surface area contributed by atoms with Crippen LogP contribution in [-0.4, -0.2) is 33.9 Å². The molecular weight excluding hydrogens is 278 g/mol. The number of fused-ring (bicyclic) bond motifs is 1. The molecule has 1 aliphatic rings. The van der Waals surface area contributed by atoms with Gasteiger partial charge in [-0.25, -0.2) is 0 Å². The number of carbonyl (C=O) groups excluding carboxylic acids is 1. The van der Waals surface area contributed by atoms with Gasteiger partial charge in [0, 0.05) is 25.5 Å². The van der Waals surface area contributed by atoms with Crippen molar-refractivity contribution in [2.24, 2.45) is 0 Å². The summed E-state index contributed by atoms with van der Waals surface area (Å²) < 4.78 is 5.20. The van der Waals surface area contributed by atoms with E-state index >= 15 is 0 Å². The molecule has 0 radical (unpaired) electrons. The number of aromatic amines is 1. The number of likely N-dealkylation sites (tertiary alicyclic amines) is 1. The van der Waals surface area contributed by atoms with Crippen LogP contribution in [0.4, 0.5) is 0 Å². The number of pyridine rings is 1. The maximum Gasteiger partial charge on any atom is 0.289 e. The molecule has 4 rings (SSSR count). The minimum Gasteiger partial charge on any atom is -0.459 e. The number of carbonyl (C=O) groups is 1. The highest BCUT2D eigenvalue weighted by Gasteiger charge is 2.27. The number of nitrogens with one attached hydrogen (secondary N) is 1. The predicted octanol–water partition coefficient (Wildman–Crippen LogP) is 3.18. The molecule has 0 saturated carbocycles. The maximum atomic E-state index is 12.3. The Morgan fingerprint density at radius 1 is 1.27 bits per heavy atom. The Morgan fingerprint density at radius 3 is 2.91 bits per heavy atom. The van der Waals surface area contributed by atoms with Crippen LogP contribution in [0.1, 0.15) is 34.9 Å². The van der Waals surface area contributed by atoms with Gasteiger partial charge >= 0.3 is 0 Å². The van der Waals surface area contributed by atoms with E-state index in [4.69, 9.17) is 4.42 Å². The van der Waals surface area contributed by atoms with Crippen molar-refractivity contribution in [1.82, 2.24) is 14.9 Å². The van der Waals surface area contributed by atoms with Crippen LogP contribution in [0.3, 0.4) is 0 Å². The van der Waals surface area contributed by atoms with E-state index in [-0.39, 0.29) is 5.91 Å². The topological polar surface area (TPSA) is 62.1 Å². The van der Waals surface area contributed by atoms with Gasteiger partial charge in [0.15, 0.2) is 5.76 Å². The summed E-state index contributed by atoms with van der Waals surface area (Å²) >= 11 is 0. The largest absolute Gasteiger partial charge is 0.459 e. The molecule has 0 unspecified atom stereocenters. The summed E-state index contributed by atoms with van der Waals surface area (Å²) in [5.41, 5.74) is 3.39. The van der Waals surface area contributed by atoms with Crippen molar-refractivity contribution in [3.63, 3.8) is 0 Å².